The molecule has 0 heterocycles. The molecule has 0 aromatic heterocycles. The first-order valence-electron chi connectivity index (χ1n) is 6.08. The van der Waals surface area contributed by atoms with E-state index in [-0.39, 0.29) is 16.6 Å². The van der Waals surface area contributed by atoms with Crippen LogP contribution in [0.2, 0.25) is 10.0 Å². The Hall–Kier alpha value is -1.80. The molecule has 2 N–H and O–H groups in total. The van der Waals surface area contributed by atoms with Gasteiger partial charge in [0, 0.05) is 12.2 Å². The van der Waals surface area contributed by atoms with Crippen molar-refractivity contribution in [3.05, 3.63) is 63.4 Å². The lowest BCUT2D eigenvalue weighted by atomic mass is 10.1. The van der Waals surface area contributed by atoms with Crippen molar-refractivity contribution >= 4 is 28.9 Å². The van der Waals surface area contributed by atoms with Gasteiger partial charge in [0.2, 0.25) is 0 Å². The van der Waals surface area contributed by atoms with E-state index in [1.54, 1.807) is 24.3 Å². The van der Waals surface area contributed by atoms with Crippen LogP contribution in [-0.4, -0.2) is 11.7 Å². The van der Waals surface area contributed by atoms with Gasteiger partial charge < -0.3 is 10.4 Å². The van der Waals surface area contributed by atoms with Crippen LogP contribution in [0.1, 0.15) is 17.2 Å². The first-order valence-corrected chi connectivity index (χ1v) is 6.83. The predicted molar refractivity (Wildman–Crippen MR) is 81.0 cm³/mol. The fourth-order valence-electron chi connectivity index (χ4n) is 1.77. The molecule has 3 nitrogen and oxygen atoms in total. The third-order valence-electron chi connectivity index (χ3n) is 2.91. The number of aliphatic hydroxyl groups excluding tert-OH is 1. The summed E-state index contributed by atoms with van der Waals surface area (Å²) in [5.41, 5.74) is 1.70. The van der Waals surface area contributed by atoms with Gasteiger partial charge in [0.25, 0.3) is 0 Å². The number of nitrogens with zero attached hydrogens (tertiary/aromatic N) is 1. The first-order chi connectivity index (χ1) is 10.0. The van der Waals surface area contributed by atoms with E-state index in [9.17, 15) is 9.50 Å². The molecular formula is C15H11Cl2FN2O. The van der Waals surface area contributed by atoms with Gasteiger partial charge in [-0.3, -0.25) is 0 Å². The molecule has 6 heteroatoms. The van der Waals surface area contributed by atoms with Crippen LogP contribution in [0.15, 0.2) is 36.4 Å². The van der Waals surface area contributed by atoms with E-state index < -0.39 is 11.9 Å². The standard InChI is InChI=1S/C15H11Cl2FN2O/c16-12-5-11(6-13(17)15(12)18)20-8-14(21)10-3-1-9(7-19)2-4-10/h1-6,14,20-21H,8H2. The van der Waals surface area contributed by atoms with Crippen molar-refractivity contribution < 1.29 is 9.50 Å². The second-order valence-electron chi connectivity index (χ2n) is 4.38. The van der Waals surface area contributed by atoms with Crippen molar-refractivity contribution in [3.63, 3.8) is 0 Å². The second-order valence-corrected chi connectivity index (χ2v) is 5.20. The van der Waals surface area contributed by atoms with Gasteiger partial charge in [-0.05, 0) is 29.8 Å². The molecule has 0 fully saturated rings. The normalized spacial score (nSPS) is 11.8. The largest absolute Gasteiger partial charge is 0.387 e. The van der Waals surface area contributed by atoms with Gasteiger partial charge in [-0.25, -0.2) is 4.39 Å². The smallest absolute Gasteiger partial charge is 0.160 e. The van der Waals surface area contributed by atoms with Gasteiger partial charge in [-0.2, -0.15) is 5.26 Å². The van der Waals surface area contributed by atoms with Crippen LogP contribution >= 0.6 is 23.2 Å². The Morgan fingerprint density at radius 2 is 1.76 bits per heavy atom. The number of hydrogen-bond donors (Lipinski definition) is 2. The number of benzene rings is 2. The Balaban J connectivity index is 2.03. The highest BCUT2D eigenvalue weighted by atomic mass is 35.5. The third-order valence-corrected chi connectivity index (χ3v) is 3.46. The van der Waals surface area contributed by atoms with E-state index in [1.165, 1.54) is 12.1 Å². The molecule has 21 heavy (non-hydrogen) atoms. The number of nitrogens with one attached hydrogen (secondary N) is 1. The van der Waals surface area contributed by atoms with Gasteiger partial charge in [0.15, 0.2) is 5.82 Å². The third kappa shape index (κ3) is 3.85. The van der Waals surface area contributed by atoms with Crippen molar-refractivity contribution in [1.29, 1.82) is 5.26 Å². The molecule has 1 atom stereocenters. The topological polar surface area (TPSA) is 56.0 Å². The molecule has 0 aliphatic heterocycles. The zero-order valence-corrected chi connectivity index (χ0v) is 12.3. The second kappa shape index (κ2) is 6.77. The summed E-state index contributed by atoms with van der Waals surface area (Å²) in [5.74, 6) is -0.670. The molecule has 0 bridgehead atoms. The summed E-state index contributed by atoms with van der Waals surface area (Å²) in [6.07, 6.45) is -0.777. The lowest BCUT2D eigenvalue weighted by molar-refractivity contribution is 0.191. The van der Waals surface area contributed by atoms with E-state index in [1.807, 2.05) is 6.07 Å². The maximum atomic E-state index is 13.3. The first kappa shape index (κ1) is 15.6. The molecule has 2 rings (SSSR count). The lowest BCUT2D eigenvalue weighted by Crippen LogP contribution is -2.12. The van der Waals surface area contributed by atoms with Crippen LogP contribution in [-0.2, 0) is 0 Å². The Morgan fingerprint density at radius 3 is 2.29 bits per heavy atom. The van der Waals surface area contributed by atoms with Crippen LogP contribution in [0.25, 0.3) is 0 Å². The molecule has 0 amide bonds. The summed E-state index contributed by atoms with van der Waals surface area (Å²) < 4.78 is 13.3. The number of hydrogen-bond acceptors (Lipinski definition) is 3. The highest BCUT2D eigenvalue weighted by Crippen LogP contribution is 2.27. The Morgan fingerprint density at radius 1 is 1.19 bits per heavy atom. The summed E-state index contributed by atoms with van der Waals surface area (Å²) >= 11 is 11.4. The molecule has 1 unspecified atom stereocenters. The summed E-state index contributed by atoms with van der Waals surface area (Å²) in [5, 5.41) is 21.5. The molecule has 0 spiro atoms. The Bertz CT molecular complexity index is 660. The fourth-order valence-corrected chi connectivity index (χ4v) is 2.26. The number of rotatable bonds is 4. The van der Waals surface area contributed by atoms with E-state index in [0.717, 1.165) is 0 Å². The molecule has 0 aliphatic carbocycles. The summed E-state index contributed by atoms with van der Waals surface area (Å²) in [7, 11) is 0. The van der Waals surface area contributed by atoms with Crippen molar-refractivity contribution in [3.8, 4) is 6.07 Å². The SMILES string of the molecule is N#Cc1ccc(C(O)CNc2cc(Cl)c(F)c(Cl)c2)cc1. The van der Waals surface area contributed by atoms with E-state index in [0.29, 0.717) is 16.8 Å². The van der Waals surface area contributed by atoms with E-state index in [4.69, 9.17) is 28.5 Å². The number of anilines is 1. The van der Waals surface area contributed by atoms with Crippen LogP contribution in [0.5, 0.6) is 0 Å². The molecule has 0 saturated carbocycles. The molecule has 108 valence electrons. The monoisotopic (exact) mass is 324 g/mol. The maximum absolute atomic E-state index is 13.3. The zero-order chi connectivity index (χ0) is 15.4. The summed E-state index contributed by atoms with van der Waals surface area (Å²) in [4.78, 5) is 0. The van der Waals surface area contributed by atoms with Crippen molar-refractivity contribution in [1.82, 2.24) is 0 Å². The van der Waals surface area contributed by atoms with Crippen molar-refractivity contribution in [2.75, 3.05) is 11.9 Å². The van der Waals surface area contributed by atoms with Gasteiger partial charge in [0.05, 0.1) is 27.8 Å². The number of halogens is 3. The minimum atomic E-state index is -0.777. The van der Waals surface area contributed by atoms with Crippen LogP contribution in [0.3, 0.4) is 0 Å². The van der Waals surface area contributed by atoms with Crippen molar-refractivity contribution in [2.45, 2.75) is 6.10 Å². The van der Waals surface area contributed by atoms with Crippen LogP contribution in [0, 0.1) is 17.1 Å². The molecule has 0 saturated heterocycles. The zero-order valence-electron chi connectivity index (χ0n) is 10.8. The Kier molecular flexibility index (Phi) is 5.03. The molecule has 2 aromatic rings. The maximum Gasteiger partial charge on any atom is 0.160 e. The molecule has 0 radical (unpaired) electrons. The number of aliphatic hydroxyl groups is 1. The summed E-state index contributed by atoms with van der Waals surface area (Å²) in [6, 6.07) is 11.4. The molecular weight excluding hydrogens is 314 g/mol. The minimum Gasteiger partial charge on any atom is -0.387 e. The Labute approximate surface area is 131 Å². The van der Waals surface area contributed by atoms with Gasteiger partial charge in [-0.1, -0.05) is 35.3 Å². The highest BCUT2D eigenvalue weighted by Gasteiger charge is 2.10. The lowest BCUT2D eigenvalue weighted by Gasteiger charge is -2.14. The minimum absolute atomic E-state index is 0.0853. The summed E-state index contributed by atoms with van der Waals surface area (Å²) in [6.45, 7) is 0.199. The van der Waals surface area contributed by atoms with Gasteiger partial charge in [0.1, 0.15) is 0 Å². The van der Waals surface area contributed by atoms with Gasteiger partial charge in [-0.15, -0.1) is 0 Å². The molecule has 0 aliphatic rings. The average Bonchev–Trinajstić information content (AvgIpc) is 2.50. The van der Waals surface area contributed by atoms with Crippen LogP contribution < -0.4 is 5.32 Å². The fraction of sp³-hybridized carbons (Fsp3) is 0.133. The van der Waals surface area contributed by atoms with Crippen LogP contribution in [0.4, 0.5) is 10.1 Å². The quantitative estimate of drug-likeness (QED) is 0.830. The highest BCUT2D eigenvalue weighted by molar-refractivity contribution is 6.35. The number of nitriles is 1. The van der Waals surface area contributed by atoms with E-state index >= 15 is 0 Å². The van der Waals surface area contributed by atoms with E-state index in [2.05, 4.69) is 5.32 Å². The van der Waals surface area contributed by atoms with Gasteiger partial charge >= 0.3 is 0 Å². The van der Waals surface area contributed by atoms with Crippen molar-refractivity contribution in [2.24, 2.45) is 0 Å². The predicted octanol–water partition coefficient (Wildman–Crippen LogP) is 4.15. The molecule has 2 aromatic carbocycles. The average molecular weight is 325 g/mol.